The van der Waals surface area contributed by atoms with Crippen molar-refractivity contribution in [1.82, 2.24) is 14.7 Å². The first-order chi connectivity index (χ1) is 14.5. The van der Waals surface area contributed by atoms with E-state index in [9.17, 15) is 9.50 Å². The van der Waals surface area contributed by atoms with Crippen LogP contribution in [-0.2, 0) is 13.0 Å². The lowest BCUT2D eigenvalue weighted by molar-refractivity contribution is 0.0283. The molecular formula is C25H30FN3O. The van der Waals surface area contributed by atoms with Gasteiger partial charge in [0, 0.05) is 24.2 Å². The summed E-state index contributed by atoms with van der Waals surface area (Å²) in [5, 5.41) is 14.8. The molecule has 5 heteroatoms. The fourth-order valence-corrected chi connectivity index (χ4v) is 4.76. The Balaban J connectivity index is 1.50. The van der Waals surface area contributed by atoms with Crippen LogP contribution in [0.5, 0.6) is 0 Å². The van der Waals surface area contributed by atoms with Crippen LogP contribution in [0.2, 0.25) is 0 Å². The normalized spacial score (nSPS) is 19.9. The van der Waals surface area contributed by atoms with Crippen molar-refractivity contribution in [3.05, 3.63) is 82.9 Å². The quantitative estimate of drug-likeness (QED) is 0.657. The molecule has 1 saturated heterocycles. The Kier molecular flexibility index (Phi) is 6.02. The minimum absolute atomic E-state index is 0.0730. The van der Waals surface area contributed by atoms with E-state index in [0.717, 1.165) is 49.6 Å². The van der Waals surface area contributed by atoms with E-state index < -0.39 is 0 Å². The van der Waals surface area contributed by atoms with Gasteiger partial charge in [0.15, 0.2) is 0 Å². The van der Waals surface area contributed by atoms with Crippen molar-refractivity contribution in [3.8, 4) is 5.69 Å². The van der Waals surface area contributed by atoms with Gasteiger partial charge in [-0.3, -0.25) is 4.90 Å². The summed E-state index contributed by atoms with van der Waals surface area (Å²) in [6.45, 7) is 6.71. The van der Waals surface area contributed by atoms with Crippen LogP contribution in [-0.4, -0.2) is 39.5 Å². The van der Waals surface area contributed by atoms with E-state index in [0.29, 0.717) is 12.0 Å². The number of hydrogen-bond donors (Lipinski definition) is 1. The summed E-state index contributed by atoms with van der Waals surface area (Å²) >= 11 is 0. The SMILES string of the molecule is Cc1cc(C)n(-c2cccc(CN3CCC[C@@](CO)(Cc4ccccc4F)C3)c2)n1. The largest absolute Gasteiger partial charge is 0.396 e. The third kappa shape index (κ3) is 4.47. The molecule has 0 aliphatic carbocycles. The highest BCUT2D eigenvalue weighted by atomic mass is 19.1. The number of nitrogens with zero attached hydrogens (tertiary/aromatic N) is 3. The van der Waals surface area contributed by atoms with Gasteiger partial charge in [-0.05, 0) is 75.0 Å². The fraction of sp³-hybridized carbons (Fsp3) is 0.400. The zero-order chi connectivity index (χ0) is 21.1. The molecule has 2 heterocycles. The molecule has 1 aliphatic rings. The second-order valence-electron chi connectivity index (χ2n) is 8.75. The molecule has 1 N–H and O–H groups in total. The van der Waals surface area contributed by atoms with Crippen molar-refractivity contribution < 1.29 is 9.50 Å². The van der Waals surface area contributed by atoms with Crippen LogP contribution in [0.3, 0.4) is 0 Å². The molecule has 0 saturated carbocycles. The molecule has 30 heavy (non-hydrogen) atoms. The second-order valence-corrected chi connectivity index (χ2v) is 8.75. The molecule has 4 rings (SSSR count). The first kappa shape index (κ1) is 20.8. The topological polar surface area (TPSA) is 41.3 Å². The van der Waals surface area contributed by atoms with Crippen molar-refractivity contribution >= 4 is 0 Å². The number of likely N-dealkylation sites (tertiary alicyclic amines) is 1. The number of hydrogen-bond acceptors (Lipinski definition) is 3. The van der Waals surface area contributed by atoms with Gasteiger partial charge < -0.3 is 5.11 Å². The lowest BCUT2D eigenvalue weighted by Gasteiger charge is -2.42. The lowest BCUT2D eigenvalue weighted by atomic mass is 9.75. The number of aryl methyl sites for hydroxylation is 2. The highest BCUT2D eigenvalue weighted by Gasteiger charge is 2.35. The van der Waals surface area contributed by atoms with E-state index in [1.807, 2.05) is 23.7 Å². The van der Waals surface area contributed by atoms with Gasteiger partial charge in [-0.1, -0.05) is 30.3 Å². The van der Waals surface area contributed by atoms with Crippen molar-refractivity contribution in [1.29, 1.82) is 0 Å². The van der Waals surface area contributed by atoms with Crippen molar-refractivity contribution in [2.24, 2.45) is 5.41 Å². The number of halogens is 1. The van der Waals surface area contributed by atoms with Gasteiger partial charge >= 0.3 is 0 Å². The first-order valence-electron chi connectivity index (χ1n) is 10.7. The molecular weight excluding hydrogens is 377 g/mol. The van der Waals surface area contributed by atoms with Crippen LogP contribution in [0.1, 0.15) is 35.4 Å². The predicted molar refractivity (Wildman–Crippen MR) is 117 cm³/mol. The first-order valence-corrected chi connectivity index (χ1v) is 10.7. The molecule has 1 aliphatic heterocycles. The molecule has 158 valence electrons. The predicted octanol–water partition coefficient (Wildman–Crippen LogP) is 4.45. The van der Waals surface area contributed by atoms with E-state index in [-0.39, 0.29) is 17.8 Å². The number of aliphatic hydroxyl groups is 1. The molecule has 3 aromatic rings. The number of aromatic nitrogens is 2. The number of benzene rings is 2. The highest BCUT2D eigenvalue weighted by molar-refractivity contribution is 5.37. The fourth-order valence-electron chi connectivity index (χ4n) is 4.76. The molecule has 0 spiro atoms. The van der Waals surface area contributed by atoms with Crippen molar-refractivity contribution in [3.63, 3.8) is 0 Å². The van der Waals surface area contributed by atoms with Gasteiger partial charge in [0.05, 0.1) is 18.0 Å². The minimum atomic E-state index is -0.298. The van der Waals surface area contributed by atoms with Gasteiger partial charge in [0.2, 0.25) is 0 Å². The molecule has 2 aromatic carbocycles. The average molecular weight is 408 g/mol. The average Bonchev–Trinajstić information content (AvgIpc) is 3.08. The Morgan fingerprint density at radius 2 is 1.93 bits per heavy atom. The van der Waals surface area contributed by atoms with Crippen LogP contribution in [0.25, 0.3) is 5.69 Å². The third-order valence-electron chi connectivity index (χ3n) is 6.17. The van der Waals surface area contributed by atoms with E-state index in [2.05, 4.69) is 47.3 Å². The maximum Gasteiger partial charge on any atom is 0.126 e. The van der Waals surface area contributed by atoms with Gasteiger partial charge in [-0.2, -0.15) is 5.10 Å². The number of piperidine rings is 1. The second kappa shape index (κ2) is 8.70. The van der Waals surface area contributed by atoms with Gasteiger partial charge in [0.1, 0.15) is 5.82 Å². The Hall–Kier alpha value is -2.50. The Morgan fingerprint density at radius 1 is 1.10 bits per heavy atom. The minimum Gasteiger partial charge on any atom is -0.396 e. The monoisotopic (exact) mass is 407 g/mol. The zero-order valence-electron chi connectivity index (χ0n) is 17.8. The highest BCUT2D eigenvalue weighted by Crippen LogP contribution is 2.34. The molecule has 1 aromatic heterocycles. The van der Waals surface area contributed by atoms with E-state index in [4.69, 9.17) is 0 Å². The summed E-state index contributed by atoms with van der Waals surface area (Å²) in [6, 6.07) is 17.5. The standard InChI is InChI=1S/C25H30FN3O/c1-19-13-20(2)29(27-19)23-9-5-7-21(14-23)16-28-12-6-11-25(17-28,18-30)15-22-8-3-4-10-24(22)26/h3-5,7-10,13-14,30H,6,11-12,15-18H2,1-2H3/t25-/m1/s1. The van der Waals surface area contributed by atoms with Crippen LogP contribution < -0.4 is 0 Å². The summed E-state index contributed by atoms with van der Waals surface area (Å²) < 4.78 is 16.2. The summed E-state index contributed by atoms with van der Waals surface area (Å²) in [4.78, 5) is 2.39. The summed E-state index contributed by atoms with van der Waals surface area (Å²) in [7, 11) is 0. The van der Waals surface area contributed by atoms with Crippen LogP contribution in [0.4, 0.5) is 4.39 Å². The van der Waals surface area contributed by atoms with Gasteiger partial charge in [0.25, 0.3) is 0 Å². The van der Waals surface area contributed by atoms with Crippen molar-refractivity contribution in [2.75, 3.05) is 19.7 Å². The number of aliphatic hydroxyl groups excluding tert-OH is 1. The van der Waals surface area contributed by atoms with Crippen LogP contribution >= 0.6 is 0 Å². The Labute approximate surface area is 178 Å². The Morgan fingerprint density at radius 3 is 2.67 bits per heavy atom. The summed E-state index contributed by atoms with van der Waals surface area (Å²) in [6.07, 6.45) is 2.49. The Bertz CT molecular complexity index is 1020. The molecule has 4 nitrogen and oxygen atoms in total. The van der Waals surface area contributed by atoms with Crippen LogP contribution in [0, 0.1) is 25.1 Å². The molecule has 0 amide bonds. The molecule has 0 unspecified atom stereocenters. The zero-order valence-corrected chi connectivity index (χ0v) is 17.8. The van der Waals surface area contributed by atoms with E-state index in [1.54, 1.807) is 6.07 Å². The maximum absolute atomic E-state index is 14.2. The van der Waals surface area contributed by atoms with Gasteiger partial charge in [-0.25, -0.2) is 9.07 Å². The smallest absolute Gasteiger partial charge is 0.126 e. The van der Waals surface area contributed by atoms with Crippen LogP contribution in [0.15, 0.2) is 54.6 Å². The van der Waals surface area contributed by atoms with Crippen molar-refractivity contribution in [2.45, 2.75) is 39.7 Å². The van der Waals surface area contributed by atoms with Gasteiger partial charge in [-0.15, -0.1) is 0 Å². The number of rotatable bonds is 6. The lowest BCUT2D eigenvalue weighted by Crippen LogP contribution is -2.46. The molecule has 1 atom stereocenters. The van der Waals surface area contributed by atoms with E-state index in [1.165, 1.54) is 11.6 Å². The molecule has 0 bridgehead atoms. The van der Waals surface area contributed by atoms with E-state index >= 15 is 0 Å². The maximum atomic E-state index is 14.2. The summed E-state index contributed by atoms with van der Waals surface area (Å²) in [5.41, 5.74) is 4.81. The summed E-state index contributed by atoms with van der Waals surface area (Å²) in [5.74, 6) is -0.181. The molecule has 0 radical (unpaired) electrons. The molecule has 1 fully saturated rings. The third-order valence-corrected chi connectivity index (χ3v) is 6.17.